The Morgan fingerprint density at radius 1 is 1.12 bits per heavy atom. The molecule has 0 atom stereocenters. The molecular formula is C18H20Cl2N2O2. The van der Waals surface area contributed by atoms with Gasteiger partial charge in [0, 0.05) is 5.69 Å². The second-order valence-electron chi connectivity index (χ2n) is 5.73. The minimum Gasteiger partial charge on any atom is -0.493 e. The first kappa shape index (κ1) is 18.4. The Bertz CT molecular complexity index is 688. The van der Waals surface area contributed by atoms with Gasteiger partial charge in [0.15, 0.2) is 0 Å². The standard InChI is InChI=1S/C18H20Cl2N2O2/c1-12(2)11-24-14-8-6-13(7-9-14)21-10-17(23)22-16-5-3-4-15(19)18(16)20/h3-9,12,21H,10-11H2,1-2H3,(H,22,23). The molecule has 0 saturated heterocycles. The van der Waals surface area contributed by atoms with E-state index in [-0.39, 0.29) is 12.5 Å². The van der Waals surface area contributed by atoms with E-state index in [0.29, 0.717) is 28.3 Å². The van der Waals surface area contributed by atoms with Gasteiger partial charge in [0.1, 0.15) is 5.75 Å². The topological polar surface area (TPSA) is 50.4 Å². The highest BCUT2D eigenvalue weighted by molar-refractivity contribution is 6.44. The predicted molar refractivity (Wildman–Crippen MR) is 100 cm³/mol. The fourth-order valence-electron chi connectivity index (χ4n) is 1.91. The number of hydrogen-bond donors (Lipinski definition) is 2. The van der Waals surface area contributed by atoms with Crippen LogP contribution >= 0.6 is 23.2 Å². The van der Waals surface area contributed by atoms with Crippen molar-refractivity contribution in [2.45, 2.75) is 13.8 Å². The lowest BCUT2D eigenvalue weighted by atomic mass is 10.2. The average molecular weight is 367 g/mol. The number of carbonyl (C=O) groups excluding carboxylic acids is 1. The molecule has 0 spiro atoms. The Morgan fingerprint density at radius 3 is 2.50 bits per heavy atom. The van der Waals surface area contributed by atoms with Gasteiger partial charge in [0.05, 0.1) is 28.9 Å². The lowest BCUT2D eigenvalue weighted by Crippen LogP contribution is -2.21. The maximum Gasteiger partial charge on any atom is 0.243 e. The van der Waals surface area contributed by atoms with Gasteiger partial charge in [-0.3, -0.25) is 4.79 Å². The van der Waals surface area contributed by atoms with Crippen molar-refractivity contribution in [2.75, 3.05) is 23.8 Å². The summed E-state index contributed by atoms with van der Waals surface area (Å²) in [5.41, 5.74) is 1.33. The fourth-order valence-corrected chi connectivity index (χ4v) is 2.26. The van der Waals surface area contributed by atoms with Crippen molar-refractivity contribution in [3.05, 3.63) is 52.5 Å². The zero-order chi connectivity index (χ0) is 17.5. The largest absolute Gasteiger partial charge is 0.493 e. The molecule has 2 rings (SSSR count). The Hall–Kier alpha value is -1.91. The highest BCUT2D eigenvalue weighted by atomic mass is 35.5. The molecule has 4 nitrogen and oxygen atoms in total. The lowest BCUT2D eigenvalue weighted by molar-refractivity contribution is -0.114. The van der Waals surface area contributed by atoms with Gasteiger partial charge in [-0.25, -0.2) is 0 Å². The number of rotatable bonds is 7. The van der Waals surface area contributed by atoms with Crippen LogP contribution in [0.2, 0.25) is 10.0 Å². The van der Waals surface area contributed by atoms with Gasteiger partial charge < -0.3 is 15.4 Å². The molecule has 0 aliphatic heterocycles. The number of benzene rings is 2. The van der Waals surface area contributed by atoms with Crippen LogP contribution in [0.1, 0.15) is 13.8 Å². The van der Waals surface area contributed by atoms with Crippen molar-refractivity contribution < 1.29 is 9.53 Å². The third kappa shape index (κ3) is 5.62. The molecule has 0 radical (unpaired) electrons. The minimum atomic E-state index is -0.209. The van der Waals surface area contributed by atoms with Crippen molar-refractivity contribution in [1.82, 2.24) is 0 Å². The van der Waals surface area contributed by atoms with E-state index in [1.54, 1.807) is 18.2 Å². The van der Waals surface area contributed by atoms with Crippen molar-refractivity contribution in [2.24, 2.45) is 5.92 Å². The summed E-state index contributed by atoms with van der Waals surface area (Å²) in [6.45, 7) is 4.99. The number of anilines is 2. The molecule has 0 bridgehead atoms. The van der Waals surface area contributed by atoms with Crippen LogP contribution in [-0.4, -0.2) is 19.1 Å². The third-order valence-electron chi connectivity index (χ3n) is 3.12. The van der Waals surface area contributed by atoms with Crippen LogP contribution in [0.25, 0.3) is 0 Å². The van der Waals surface area contributed by atoms with Crippen molar-refractivity contribution in [3.63, 3.8) is 0 Å². The zero-order valence-electron chi connectivity index (χ0n) is 13.6. The van der Waals surface area contributed by atoms with E-state index in [1.807, 2.05) is 24.3 Å². The van der Waals surface area contributed by atoms with Gasteiger partial charge in [-0.15, -0.1) is 0 Å². The fraction of sp³-hybridized carbons (Fsp3) is 0.278. The molecule has 0 heterocycles. The Balaban J connectivity index is 1.84. The number of amides is 1. The van der Waals surface area contributed by atoms with E-state index in [2.05, 4.69) is 24.5 Å². The van der Waals surface area contributed by atoms with Gasteiger partial charge in [0.25, 0.3) is 0 Å². The summed E-state index contributed by atoms with van der Waals surface area (Å²) in [5, 5.41) is 6.50. The van der Waals surface area contributed by atoms with E-state index in [4.69, 9.17) is 27.9 Å². The molecule has 0 fully saturated rings. The maximum absolute atomic E-state index is 12.0. The van der Waals surface area contributed by atoms with Crippen LogP contribution in [0.5, 0.6) is 5.75 Å². The molecular weight excluding hydrogens is 347 g/mol. The smallest absolute Gasteiger partial charge is 0.243 e. The normalized spacial score (nSPS) is 10.5. The molecule has 0 aliphatic carbocycles. The summed E-state index contributed by atoms with van der Waals surface area (Å²) in [6.07, 6.45) is 0. The molecule has 2 aromatic carbocycles. The van der Waals surface area contributed by atoms with Gasteiger partial charge >= 0.3 is 0 Å². The maximum atomic E-state index is 12.0. The van der Waals surface area contributed by atoms with Crippen molar-refractivity contribution in [1.29, 1.82) is 0 Å². The van der Waals surface area contributed by atoms with Crippen molar-refractivity contribution >= 4 is 40.5 Å². The summed E-state index contributed by atoms with van der Waals surface area (Å²) in [6, 6.07) is 12.6. The Kier molecular flexibility index (Phi) is 6.76. The summed E-state index contributed by atoms with van der Waals surface area (Å²) in [7, 11) is 0. The van der Waals surface area contributed by atoms with Crippen LogP contribution in [0, 0.1) is 5.92 Å². The molecule has 2 aromatic rings. The van der Waals surface area contributed by atoms with E-state index in [0.717, 1.165) is 11.4 Å². The number of carbonyl (C=O) groups is 1. The van der Waals surface area contributed by atoms with Crippen molar-refractivity contribution in [3.8, 4) is 5.75 Å². The van der Waals surface area contributed by atoms with Gasteiger partial charge in [-0.05, 0) is 42.3 Å². The molecule has 128 valence electrons. The molecule has 1 amide bonds. The minimum absolute atomic E-state index is 0.120. The van der Waals surface area contributed by atoms with Gasteiger partial charge in [-0.2, -0.15) is 0 Å². The van der Waals surface area contributed by atoms with E-state index >= 15 is 0 Å². The first-order valence-corrected chi connectivity index (χ1v) is 8.42. The third-order valence-corrected chi connectivity index (χ3v) is 3.94. The summed E-state index contributed by atoms with van der Waals surface area (Å²) in [4.78, 5) is 12.0. The highest BCUT2D eigenvalue weighted by Crippen LogP contribution is 2.29. The van der Waals surface area contributed by atoms with E-state index in [1.165, 1.54) is 0 Å². The Morgan fingerprint density at radius 2 is 1.83 bits per heavy atom. The van der Waals surface area contributed by atoms with Gasteiger partial charge in [0.2, 0.25) is 5.91 Å². The molecule has 0 aromatic heterocycles. The quantitative estimate of drug-likeness (QED) is 0.718. The second-order valence-corrected chi connectivity index (χ2v) is 6.52. The molecule has 0 aliphatic rings. The molecule has 2 N–H and O–H groups in total. The first-order chi connectivity index (χ1) is 11.5. The molecule has 24 heavy (non-hydrogen) atoms. The van der Waals surface area contributed by atoms with Crippen LogP contribution in [-0.2, 0) is 4.79 Å². The van der Waals surface area contributed by atoms with Gasteiger partial charge in [-0.1, -0.05) is 43.1 Å². The second kappa shape index (κ2) is 8.81. The number of hydrogen-bond acceptors (Lipinski definition) is 3. The summed E-state index contributed by atoms with van der Waals surface area (Å²) < 4.78 is 5.62. The zero-order valence-corrected chi connectivity index (χ0v) is 15.1. The van der Waals surface area contributed by atoms with Crippen LogP contribution < -0.4 is 15.4 Å². The van der Waals surface area contributed by atoms with E-state index in [9.17, 15) is 4.79 Å². The van der Waals surface area contributed by atoms with Crippen LogP contribution in [0.15, 0.2) is 42.5 Å². The SMILES string of the molecule is CC(C)COc1ccc(NCC(=O)Nc2cccc(Cl)c2Cl)cc1. The number of nitrogens with one attached hydrogen (secondary N) is 2. The monoisotopic (exact) mass is 366 g/mol. The number of ether oxygens (including phenoxy) is 1. The lowest BCUT2D eigenvalue weighted by Gasteiger charge is -2.11. The number of halogens is 2. The average Bonchev–Trinajstić information content (AvgIpc) is 2.56. The first-order valence-electron chi connectivity index (χ1n) is 7.66. The van der Waals surface area contributed by atoms with Crippen LogP contribution in [0.4, 0.5) is 11.4 Å². The summed E-state index contributed by atoms with van der Waals surface area (Å²) >= 11 is 12.0. The van der Waals surface area contributed by atoms with Crippen LogP contribution in [0.3, 0.4) is 0 Å². The Labute approximate surface area is 152 Å². The highest BCUT2D eigenvalue weighted by Gasteiger charge is 2.08. The molecule has 0 unspecified atom stereocenters. The van der Waals surface area contributed by atoms with E-state index < -0.39 is 0 Å². The molecule has 0 saturated carbocycles. The summed E-state index contributed by atoms with van der Waals surface area (Å²) in [5.74, 6) is 1.08. The predicted octanol–water partition coefficient (Wildman–Crippen LogP) is 5.08. The molecule has 6 heteroatoms.